The van der Waals surface area contributed by atoms with E-state index in [2.05, 4.69) is 22.3 Å². The Morgan fingerprint density at radius 3 is 2.45 bits per heavy atom. The molecular formula is C25H35N3O4S. The third-order valence-electron chi connectivity index (χ3n) is 5.95. The van der Waals surface area contributed by atoms with Crippen molar-refractivity contribution in [3.8, 4) is 5.75 Å². The quantitative estimate of drug-likeness (QED) is 0.571. The van der Waals surface area contributed by atoms with Gasteiger partial charge in [-0.1, -0.05) is 43.7 Å². The number of nitrogens with one attached hydrogen (secondary N) is 1. The van der Waals surface area contributed by atoms with E-state index < -0.39 is 16.1 Å². The maximum absolute atomic E-state index is 13.1. The van der Waals surface area contributed by atoms with Crippen LogP contribution in [0.3, 0.4) is 0 Å². The summed E-state index contributed by atoms with van der Waals surface area (Å²) in [5.74, 6) is 0.203. The molecule has 0 saturated carbocycles. The molecule has 0 aromatic heterocycles. The molecule has 1 aliphatic heterocycles. The highest BCUT2D eigenvalue weighted by atomic mass is 32.2. The van der Waals surface area contributed by atoms with Gasteiger partial charge in [-0.25, -0.2) is 8.42 Å². The van der Waals surface area contributed by atoms with Gasteiger partial charge in [0.25, 0.3) is 0 Å². The number of likely N-dealkylation sites (tertiary alicyclic amines) is 1. The third kappa shape index (κ3) is 6.95. The van der Waals surface area contributed by atoms with E-state index in [9.17, 15) is 13.2 Å². The van der Waals surface area contributed by atoms with Crippen LogP contribution >= 0.6 is 0 Å². The Kier molecular flexibility index (Phi) is 8.74. The number of sulfonamides is 1. The van der Waals surface area contributed by atoms with Crippen molar-refractivity contribution in [3.05, 3.63) is 59.7 Å². The first kappa shape index (κ1) is 25.1. The molecule has 0 bridgehead atoms. The highest BCUT2D eigenvalue weighted by Gasteiger charge is 2.31. The van der Waals surface area contributed by atoms with Crippen molar-refractivity contribution in [3.63, 3.8) is 0 Å². The van der Waals surface area contributed by atoms with Gasteiger partial charge in [0.05, 0.1) is 19.1 Å². The van der Waals surface area contributed by atoms with Gasteiger partial charge in [0.15, 0.2) is 0 Å². The summed E-state index contributed by atoms with van der Waals surface area (Å²) >= 11 is 0. The SMILES string of the molecule is CCC(C(=O)NCc1cccc(CN2CCCCC2)c1)N(c1cccc(OC)c1)S(C)(=O)=O. The maximum Gasteiger partial charge on any atom is 0.244 e. The first-order valence-corrected chi connectivity index (χ1v) is 13.4. The van der Waals surface area contributed by atoms with E-state index in [-0.39, 0.29) is 5.91 Å². The molecule has 1 amide bonds. The van der Waals surface area contributed by atoms with Crippen molar-refractivity contribution >= 4 is 21.6 Å². The number of carbonyl (C=O) groups is 1. The fourth-order valence-corrected chi connectivity index (χ4v) is 5.53. The van der Waals surface area contributed by atoms with Gasteiger partial charge in [0.1, 0.15) is 11.8 Å². The fourth-order valence-electron chi connectivity index (χ4n) is 4.33. The minimum absolute atomic E-state index is 0.327. The molecule has 1 heterocycles. The minimum atomic E-state index is -3.69. The van der Waals surface area contributed by atoms with Crippen molar-refractivity contribution in [2.24, 2.45) is 0 Å². The summed E-state index contributed by atoms with van der Waals surface area (Å²) in [6, 6.07) is 14.1. The molecule has 1 aliphatic rings. The van der Waals surface area contributed by atoms with Crippen molar-refractivity contribution in [1.82, 2.24) is 10.2 Å². The third-order valence-corrected chi connectivity index (χ3v) is 7.13. The normalized spacial score (nSPS) is 15.6. The van der Waals surface area contributed by atoms with Crippen LogP contribution in [0.25, 0.3) is 0 Å². The molecule has 1 N–H and O–H groups in total. The van der Waals surface area contributed by atoms with Crippen LogP contribution in [0.5, 0.6) is 5.75 Å². The number of rotatable bonds is 10. The second kappa shape index (κ2) is 11.5. The highest BCUT2D eigenvalue weighted by molar-refractivity contribution is 7.92. The molecule has 0 aliphatic carbocycles. The van der Waals surface area contributed by atoms with E-state index in [4.69, 9.17) is 4.74 Å². The Hall–Kier alpha value is -2.58. The molecule has 8 heteroatoms. The van der Waals surface area contributed by atoms with E-state index in [1.807, 2.05) is 19.1 Å². The summed E-state index contributed by atoms with van der Waals surface area (Å²) < 4.78 is 31.7. The lowest BCUT2D eigenvalue weighted by Gasteiger charge is -2.30. The summed E-state index contributed by atoms with van der Waals surface area (Å²) in [6.07, 6.45) is 5.26. The molecule has 2 aromatic carbocycles. The summed E-state index contributed by atoms with van der Waals surface area (Å²) in [4.78, 5) is 15.6. The molecule has 180 valence electrons. The number of ether oxygens (including phenoxy) is 1. The number of nitrogens with zero attached hydrogens (tertiary/aromatic N) is 2. The summed E-state index contributed by atoms with van der Waals surface area (Å²) in [5, 5.41) is 2.94. The van der Waals surface area contributed by atoms with Crippen molar-refractivity contribution in [2.75, 3.05) is 30.8 Å². The number of anilines is 1. The monoisotopic (exact) mass is 473 g/mol. The molecule has 7 nitrogen and oxygen atoms in total. The summed E-state index contributed by atoms with van der Waals surface area (Å²) in [7, 11) is -2.17. The van der Waals surface area contributed by atoms with E-state index in [1.165, 1.54) is 36.2 Å². The predicted molar refractivity (Wildman–Crippen MR) is 132 cm³/mol. The number of benzene rings is 2. The number of carbonyl (C=O) groups excluding carboxylic acids is 1. The maximum atomic E-state index is 13.1. The van der Waals surface area contributed by atoms with E-state index in [1.54, 1.807) is 24.3 Å². The lowest BCUT2D eigenvalue weighted by molar-refractivity contribution is -0.122. The second-order valence-electron chi connectivity index (χ2n) is 8.56. The number of hydrogen-bond acceptors (Lipinski definition) is 5. The predicted octanol–water partition coefficient (Wildman–Crippen LogP) is 3.54. The van der Waals surface area contributed by atoms with Crippen LogP contribution in [-0.4, -0.2) is 51.7 Å². The molecule has 1 saturated heterocycles. The molecule has 1 atom stereocenters. The van der Waals surface area contributed by atoms with Gasteiger partial charge in [0, 0.05) is 19.2 Å². The Labute approximate surface area is 197 Å². The zero-order valence-corrected chi connectivity index (χ0v) is 20.6. The van der Waals surface area contributed by atoms with Crippen molar-refractivity contribution < 1.29 is 17.9 Å². The summed E-state index contributed by atoms with van der Waals surface area (Å²) in [6.45, 7) is 5.33. The smallest absolute Gasteiger partial charge is 0.244 e. The van der Waals surface area contributed by atoms with Crippen molar-refractivity contribution in [2.45, 2.75) is 51.7 Å². The zero-order chi connectivity index (χ0) is 23.8. The van der Waals surface area contributed by atoms with E-state index in [0.717, 1.165) is 31.5 Å². The Morgan fingerprint density at radius 1 is 1.09 bits per heavy atom. The second-order valence-corrected chi connectivity index (χ2v) is 10.4. The molecule has 3 rings (SSSR count). The number of methoxy groups -OCH3 is 1. The first-order chi connectivity index (χ1) is 15.8. The Morgan fingerprint density at radius 2 is 1.79 bits per heavy atom. The van der Waals surface area contributed by atoms with Crippen LogP contribution in [0, 0.1) is 0 Å². The number of hydrogen-bond donors (Lipinski definition) is 1. The van der Waals surface area contributed by atoms with Gasteiger partial charge in [-0.05, 0) is 55.6 Å². The fraction of sp³-hybridized carbons (Fsp3) is 0.480. The molecule has 1 unspecified atom stereocenters. The van der Waals surface area contributed by atoms with Crippen LogP contribution in [0.1, 0.15) is 43.7 Å². The number of amides is 1. The van der Waals surface area contributed by atoms with Crippen LogP contribution in [0.2, 0.25) is 0 Å². The topological polar surface area (TPSA) is 79.0 Å². The van der Waals surface area contributed by atoms with Crippen LogP contribution in [0.4, 0.5) is 5.69 Å². The Balaban J connectivity index is 1.71. The van der Waals surface area contributed by atoms with Gasteiger partial charge in [-0.3, -0.25) is 14.0 Å². The van der Waals surface area contributed by atoms with Crippen LogP contribution < -0.4 is 14.4 Å². The van der Waals surface area contributed by atoms with Crippen LogP contribution in [-0.2, 0) is 27.9 Å². The largest absolute Gasteiger partial charge is 0.497 e. The van der Waals surface area contributed by atoms with Gasteiger partial charge in [-0.15, -0.1) is 0 Å². The molecule has 0 spiro atoms. The molecule has 1 fully saturated rings. The van der Waals surface area contributed by atoms with Gasteiger partial charge in [0.2, 0.25) is 15.9 Å². The standard InChI is InChI=1S/C25H35N3O4S/c1-4-24(28(33(3,30)31)22-12-9-13-23(17-22)32-2)25(29)26-18-20-10-8-11-21(16-20)19-27-14-6-5-7-15-27/h8-13,16-17,24H,4-7,14-15,18-19H2,1-3H3,(H,26,29). The summed E-state index contributed by atoms with van der Waals surface area (Å²) in [5.41, 5.74) is 2.63. The van der Waals surface area contributed by atoms with Gasteiger partial charge < -0.3 is 10.1 Å². The van der Waals surface area contributed by atoms with E-state index in [0.29, 0.717) is 24.4 Å². The zero-order valence-electron chi connectivity index (χ0n) is 19.8. The average molecular weight is 474 g/mol. The van der Waals surface area contributed by atoms with E-state index >= 15 is 0 Å². The lowest BCUT2D eigenvalue weighted by atomic mass is 10.1. The molecule has 2 aromatic rings. The number of piperidine rings is 1. The first-order valence-electron chi connectivity index (χ1n) is 11.5. The minimum Gasteiger partial charge on any atom is -0.497 e. The highest BCUT2D eigenvalue weighted by Crippen LogP contribution is 2.26. The Bertz CT molecular complexity index is 1040. The lowest BCUT2D eigenvalue weighted by Crippen LogP contribution is -2.49. The molecular weight excluding hydrogens is 438 g/mol. The van der Waals surface area contributed by atoms with Crippen LogP contribution in [0.15, 0.2) is 48.5 Å². The molecule has 33 heavy (non-hydrogen) atoms. The molecule has 0 radical (unpaired) electrons. The average Bonchev–Trinajstić information content (AvgIpc) is 2.81. The van der Waals surface area contributed by atoms with Crippen molar-refractivity contribution in [1.29, 1.82) is 0 Å². The van der Waals surface area contributed by atoms with Gasteiger partial charge >= 0.3 is 0 Å². The van der Waals surface area contributed by atoms with Gasteiger partial charge in [-0.2, -0.15) is 0 Å².